The summed E-state index contributed by atoms with van der Waals surface area (Å²) in [5.41, 5.74) is 2.55. The quantitative estimate of drug-likeness (QED) is 0.460. The number of aromatic nitrogens is 1. The van der Waals surface area contributed by atoms with E-state index in [0.29, 0.717) is 6.61 Å². The van der Waals surface area contributed by atoms with Gasteiger partial charge in [-0.1, -0.05) is 12.5 Å². The zero-order chi connectivity index (χ0) is 22.3. The molecule has 2 aromatic rings. The van der Waals surface area contributed by atoms with Crippen molar-refractivity contribution in [3.05, 3.63) is 39.6 Å². The number of hydrogen-bond acceptors (Lipinski definition) is 5. The molecule has 1 saturated heterocycles. The van der Waals surface area contributed by atoms with E-state index in [9.17, 15) is 13.2 Å². The largest absolute Gasteiger partial charge is 0.468 e. The van der Waals surface area contributed by atoms with E-state index in [-0.39, 0.29) is 5.88 Å². The fraction of sp³-hybridized carbons (Fsp3) is 0.522. The minimum absolute atomic E-state index is 0.0554. The minimum Gasteiger partial charge on any atom is -0.468 e. The second kappa shape index (κ2) is 8.64. The van der Waals surface area contributed by atoms with Crippen molar-refractivity contribution in [3.8, 4) is 22.8 Å². The van der Waals surface area contributed by atoms with Crippen LogP contribution < -0.4 is 9.47 Å². The topological polar surface area (TPSA) is 43.8 Å². The fourth-order valence-corrected chi connectivity index (χ4v) is 5.11. The molecule has 0 radical (unpaired) electrons. The van der Waals surface area contributed by atoms with Gasteiger partial charge in [-0.05, 0) is 53.1 Å². The number of nitrogens with zero attached hydrogens (tertiary/aromatic N) is 2. The van der Waals surface area contributed by atoms with E-state index < -0.39 is 18.6 Å². The van der Waals surface area contributed by atoms with E-state index in [4.69, 9.17) is 14.2 Å². The number of pyridine rings is 1. The number of likely N-dealkylation sites (tertiary alicyclic amines) is 1. The molecule has 1 saturated carbocycles. The molecule has 0 N–H and O–H groups in total. The molecule has 9 heteroatoms. The van der Waals surface area contributed by atoms with Gasteiger partial charge in [0, 0.05) is 58.9 Å². The SMILES string of the molecule is FC(F)(F)COc1cc(-c2ccc3c(c2)COC2(CCN(C4CCC4)CC2)O3)c(I)cn1. The van der Waals surface area contributed by atoms with Gasteiger partial charge < -0.3 is 14.2 Å². The van der Waals surface area contributed by atoms with Gasteiger partial charge >= 0.3 is 6.18 Å². The first kappa shape index (κ1) is 22.2. The van der Waals surface area contributed by atoms with Crippen molar-refractivity contribution in [2.45, 2.75) is 56.7 Å². The van der Waals surface area contributed by atoms with Gasteiger partial charge in [-0.3, -0.25) is 4.90 Å². The molecular formula is C23H24F3IN2O3. The molecule has 1 aromatic carbocycles. The van der Waals surface area contributed by atoms with Crippen LogP contribution in [0.4, 0.5) is 13.2 Å². The first-order valence-corrected chi connectivity index (χ1v) is 11.9. The van der Waals surface area contributed by atoms with Crippen molar-refractivity contribution in [2.24, 2.45) is 0 Å². The molecule has 1 aliphatic carbocycles. The molecule has 32 heavy (non-hydrogen) atoms. The van der Waals surface area contributed by atoms with Crippen LogP contribution in [0.1, 0.15) is 37.7 Å². The lowest BCUT2D eigenvalue weighted by atomic mass is 9.89. The van der Waals surface area contributed by atoms with Gasteiger partial charge in [0.05, 0.1) is 6.61 Å². The molecule has 3 aliphatic rings. The molecule has 5 rings (SSSR count). The van der Waals surface area contributed by atoms with Gasteiger partial charge in [0.1, 0.15) is 5.75 Å². The molecule has 0 unspecified atom stereocenters. The predicted octanol–water partition coefficient (Wildman–Crippen LogP) is 5.55. The number of piperidine rings is 1. The summed E-state index contributed by atoms with van der Waals surface area (Å²) in [6.45, 7) is 1.07. The van der Waals surface area contributed by atoms with Crippen molar-refractivity contribution in [2.75, 3.05) is 19.7 Å². The number of halogens is 4. The number of alkyl halides is 3. The first-order valence-electron chi connectivity index (χ1n) is 10.9. The van der Waals surface area contributed by atoms with Gasteiger partial charge in [0.25, 0.3) is 0 Å². The summed E-state index contributed by atoms with van der Waals surface area (Å²) in [4.78, 5) is 6.52. The van der Waals surface area contributed by atoms with Crippen LogP contribution in [0.25, 0.3) is 11.1 Å². The van der Waals surface area contributed by atoms with Crippen LogP contribution in [0.15, 0.2) is 30.5 Å². The van der Waals surface area contributed by atoms with Crippen LogP contribution in [0, 0.1) is 3.57 Å². The second-order valence-corrected chi connectivity index (χ2v) is 9.81. The second-order valence-electron chi connectivity index (χ2n) is 8.65. The molecule has 2 aliphatic heterocycles. The lowest BCUT2D eigenvalue weighted by Gasteiger charge is -2.47. The van der Waals surface area contributed by atoms with Crippen molar-refractivity contribution in [1.82, 2.24) is 9.88 Å². The third kappa shape index (κ3) is 4.70. The lowest BCUT2D eigenvalue weighted by molar-refractivity contribution is -0.231. The summed E-state index contributed by atoms with van der Waals surface area (Å²) < 4.78 is 55.7. The number of rotatable bonds is 4. The average Bonchev–Trinajstić information content (AvgIpc) is 2.73. The number of ether oxygens (including phenoxy) is 3. The van der Waals surface area contributed by atoms with Crippen LogP contribution >= 0.6 is 22.6 Å². The maximum atomic E-state index is 12.5. The van der Waals surface area contributed by atoms with E-state index in [0.717, 1.165) is 58.0 Å². The molecule has 0 atom stereocenters. The molecule has 1 spiro atoms. The van der Waals surface area contributed by atoms with Crippen molar-refractivity contribution in [1.29, 1.82) is 0 Å². The molecule has 0 amide bonds. The van der Waals surface area contributed by atoms with E-state index in [1.807, 2.05) is 18.2 Å². The highest BCUT2D eigenvalue weighted by atomic mass is 127. The highest BCUT2D eigenvalue weighted by Crippen LogP contribution is 2.41. The lowest BCUT2D eigenvalue weighted by Crippen LogP contribution is -2.54. The molecule has 3 heterocycles. The number of hydrogen-bond donors (Lipinski definition) is 0. The zero-order valence-electron chi connectivity index (χ0n) is 17.5. The van der Waals surface area contributed by atoms with Gasteiger partial charge in [-0.15, -0.1) is 0 Å². The molecule has 0 bridgehead atoms. The molecule has 1 aromatic heterocycles. The van der Waals surface area contributed by atoms with Crippen molar-refractivity contribution in [3.63, 3.8) is 0 Å². The molecule has 172 valence electrons. The molecule has 5 nitrogen and oxygen atoms in total. The van der Waals surface area contributed by atoms with Crippen molar-refractivity contribution < 1.29 is 27.4 Å². The third-order valence-electron chi connectivity index (χ3n) is 6.52. The normalized spacial score (nSPS) is 21.0. The monoisotopic (exact) mass is 560 g/mol. The Hall–Kier alpha value is -1.59. The molecular weight excluding hydrogens is 536 g/mol. The summed E-state index contributed by atoms with van der Waals surface area (Å²) >= 11 is 2.12. The maximum absolute atomic E-state index is 12.5. The minimum atomic E-state index is -4.41. The van der Waals surface area contributed by atoms with E-state index in [1.165, 1.54) is 31.5 Å². The third-order valence-corrected chi connectivity index (χ3v) is 7.38. The van der Waals surface area contributed by atoms with Crippen LogP contribution in [0.5, 0.6) is 11.6 Å². The Kier molecular flexibility index (Phi) is 6.00. The summed E-state index contributed by atoms with van der Waals surface area (Å²) in [5.74, 6) is 0.202. The van der Waals surface area contributed by atoms with Crippen LogP contribution in [0.3, 0.4) is 0 Å². The Morgan fingerprint density at radius 1 is 1.19 bits per heavy atom. The van der Waals surface area contributed by atoms with Gasteiger partial charge in [0.15, 0.2) is 6.61 Å². The summed E-state index contributed by atoms with van der Waals surface area (Å²) in [6.07, 6.45) is 2.75. The molecule has 2 fully saturated rings. The highest BCUT2D eigenvalue weighted by Gasteiger charge is 2.42. The van der Waals surface area contributed by atoms with Crippen LogP contribution in [-0.2, 0) is 11.3 Å². The Labute approximate surface area is 198 Å². The first-order chi connectivity index (χ1) is 15.3. The van der Waals surface area contributed by atoms with Gasteiger partial charge in [0.2, 0.25) is 11.7 Å². The Morgan fingerprint density at radius 3 is 2.66 bits per heavy atom. The Bertz CT molecular complexity index is 989. The Balaban J connectivity index is 1.30. The Morgan fingerprint density at radius 2 is 1.97 bits per heavy atom. The van der Waals surface area contributed by atoms with Gasteiger partial charge in [-0.25, -0.2) is 4.98 Å². The maximum Gasteiger partial charge on any atom is 0.422 e. The van der Waals surface area contributed by atoms with Gasteiger partial charge in [-0.2, -0.15) is 13.2 Å². The standard InChI is InChI=1S/C23H24F3IN2O3/c24-23(25,26)14-30-21-11-18(19(27)12-28-21)15-4-5-20-16(10-15)13-31-22(32-20)6-8-29(9-7-22)17-2-1-3-17/h4-5,10-12,17H,1-3,6-9,13-14H2. The average molecular weight is 560 g/mol. The van der Waals surface area contributed by atoms with E-state index in [2.05, 4.69) is 32.5 Å². The summed E-state index contributed by atoms with van der Waals surface area (Å²) in [7, 11) is 0. The number of benzene rings is 1. The van der Waals surface area contributed by atoms with Crippen molar-refractivity contribution >= 4 is 22.6 Å². The van der Waals surface area contributed by atoms with Crippen LogP contribution in [-0.4, -0.2) is 47.6 Å². The summed E-state index contributed by atoms with van der Waals surface area (Å²) in [6, 6.07) is 8.10. The highest BCUT2D eigenvalue weighted by molar-refractivity contribution is 14.1. The van der Waals surface area contributed by atoms with E-state index >= 15 is 0 Å². The summed E-state index contributed by atoms with van der Waals surface area (Å²) in [5, 5.41) is 0. The number of fused-ring (bicyclic) bond motifs is 1. The smallest absolute Gasteiger partial charge is 0.422 e. The predicted molar refractivity (Wildman–Crippen MR) is 121 cm³/mol. The van der Waals surface area contributed by atoms with Crippen LogP contribution in [0.2, 0.25) is 0 Å². The zero-order valence-corrected chi connectivity index (χ0v) is 19.6. The fourth-order valence-electron chi connectivity index (χ4n) is 4.50. The van der Waals surface area contributed by atoms with E-state index in [1.54, 1.807) is 0 Å².